The molecule has 173 valence electrons. The van der Waals surface area contributed by atoms with E-state index in [1.54, 1.807) is 6.92 Å². The fraction of sp³-hybridized carbons (Fsp3) is 0.625. The van der Waals surface area contributed by atoms with Crippen molar-refractivity contribution in [1.29, 1.82) is 0 Å². The monoisotopic (exact) mass is 457 g/mol. The first-order valence-electron chi connectivity index (χ1n) is 11.4. The van der Waals surface area contributed by atoms with Crippen LogP contribution in [0.2, 0.25) is 13.1 Å². The van der Waals surface area contributed by atoms with Crippen LogP contribution in [0.15, 0.2) is 24.3 Å². The average molecular weight is 458 g/mol. The SMILES string of the molecule is C[C@@H](C(=O)N1C(=O)O[C@H]2Cc3ccccc3[C@H]21)[C@H]1NC(=O)[C@H]1[C@@H](CO[Si](C)C)C(C)(C)C. The highest BCUT2D eigenvalue weighted by molar-refractivity contribution is 6.48. The van der Waals surface area contributed by atoms with Gasteiger partial charge in [-0.1, -0.05) is 52.0 Å². The number of nitrogens with zero attached hydrogens (tertiary/aromatic N) is 1. The predicted octanol–water partition coefficient (Wildman–Crippen LogP) is 3.31. The zero-order valence-electron chi connectivity index (χ0n) is 19.7. The highest BCUT2D eigenvalue weighted by Gasteiger charge is 2.56. The van der Waals surface area contributed by atoms with Gasteiger partial charge in [-0.25, -0.2) is 9.69 Å². The summed E-state index contributed by atoms with van der Waals surface area (Å²) in [6.07, 6.45) is -0.309. The lowest BCUT2D eigenvalue weighted by Gasteiger charge is -2.48. The van der Waals surface area contributed by atoms with Crippen molar-refractivity contribution < 1.29 is 23.5 Å². The number of benzene rings is 1. The summed E-state index contributed by atoms with van der Waals surface area (Å²) in [4.78, 5) is 40.2. The van der Waals surface area contributed by atoms with Gasteiger partial charge in [0.2, 0.25) is 20.9 Å². The summed E-state index contributed by atoms with van der Waals surface area (Å²) in [6, 6.07) is 7.12. The first kappa shape index (κ1) is 23.0. The molecular formula is C24H33N2O5Si. The number of carbonyl (C=O) groups is 3. The molecule has 32 heavy (non-hydrogen) atoms. The van der Waals surface area contributed by atoms with Crippen molar-refractivity contribution >= 4 is 26.9 Å². The summed E-state index contributed by atoms with van der Waals surface area (Å²) < 4.78 is 11.5. The van der Waals surface area contributed by atoms with E-state index >= 15 is 0 Å². The molecule has 1 aliphatic carbocycles. The number of fused-ring (bicyclic) bond motifs is 3. The number of ether oxygens (including phenoxy) is 1. The van der Waals surface area contributed by atoms with E-state index in [1.807, 2.05) is 24.3 Å². The molecule has 0 aromatic heterocycles. The molecule has 8 heteroatoms. The fourth-order valence-corrected chi connectivity index (χ4v) is 5.80. The van der Waals surface area contributed by atoms with E-state index in [-0.39, 0.29) is 41.2 Å². The van der Waals surface area contributed by atoms with Gasteiger partial charge in [0, 0.05) is 13.0 Å². The van der Waals surface area contributed by atoms with Crippen molar-refractivity contribution in [3.05, 3.63) is 35.4 Å². The minimum atomic E-state index is -0.903. The number of amides is 3. The molecule has 0 unspecified atom stereocenters. The van der Waals surface area contributed by atoms with Gasteiger partial charge in [0.15, 0.2) is 0 Å². The summed E-state index contributed by atoms with van der Waals surface area (Å²) in [6.45, 7) is 12.7. The molecule has 2 aliphatic heterocycles. The fourth-order valence-electron chi connectivity index (χ4n) is 5.28. The van der Waals surface area contributed by atoms with Gasteiger partial charge in [0.25, 0.3) is 0 Å². The van der Waals surface area contributed by atoms with Gasteiger partial charge in [-0.3, -0.25) is 9.59 Å². The first-order valence-corrected chi connectivity index (χ1v) is 13.8. The Morgan fingerprint density at radius 3 is 2.59 bits per heavy atom. The summed E-state index contributed by atoms with van der Waals surface area (Å²) in [7, 11) is -0.903. The molecule has 1 aromatic rings. The molecule has 3 aliphatic rings. The van der Waals surface area contributed by atoms with Crippen molar-refractivity contribution in [3.8, 4) is 0 Å². The summed E-state index contributed by atoms with van der Waals surface area (Å²) in [5.41, 5.74) is 1.92. The van der Waals surface area contributed by atoms with Gasteiger partial charge in [0.05, 0.1) is 17.9 Å². The van der Waals surface area contributed by atoms with Crippen molar-refractivity contribution in [2.75, 3.05) is 6.61 Å². The van der Waals surface area contributed by atoms with Crippen molar-refractivity contribution in [2.24, 2.45) is 23.2 Å². The van der Waals surface area contributed by atoms with Crippen LogP contribution in [0.1, 0.15) is 44.9 Å². The zero-order valence-corrected chi connectivity index (χ0v) is 20.7. The van der Waals surface area contributed by atoms with Crippen LogP contribution in [0, 0.1) is 23.2 Å². The topological polar surface area (TPSA) is 84.9 Å². The molecule has 0 spiro atoms. The third-order valence-corrected chi connectivity index (χ3v) is 7.88. The second kappa shape index (κ2) is 8.30. The van der Waals surface area contributed by atoms with Gasteiger partial charge in [-0.05, 0) is 35.6 Å². The summed E-state index contributed by atoms with van der Waals surface area (Å²) in [5.74, 6) is -1.25. The van der Waals surface area contributed by atoms with Crippen LogP contribution in [0.5, 0.6) is 0 Å². The third kappa shape index (κ3) is 3.88. The number of rotatable bonds is 6. The Morgan fingerprint density at radius 2 is 1.97 bits per heavy atom. The number of carbonyl (C=O) groups excluding carboxylic acids is 3. The lowest BCUT2D eigenvalue weighted by molar-refractivity contribution is -0.149. The van der Waals surface area contributed by atoms with Crippen molar-refractivity contribution in [1.82, 2.24) is 10.2 Å². The molecule has 0 bridgehead atoms. The van der Waals surface area contributed by atoms with Gasteiger partial charge < -0.3 is 14.5 Å². The zero-order chi connectivity index (χ0) is 23.4. The van der Waals surface area contributed by atoms with Crippen molar-refractivity contribution in [2.45, 2.75) is 65.4 Å². The van der Waals surface area contributed by atoms with Crippen LogP contribution >= 0.6 is 0 Å². The highest BCUT2D eigenvalue weighted by atomic mass is 28.3. The number of hydrogen-bond acceptors (Lipinski definition) is 5. The molecule has 2 saturated heterocycles. The van der Waals surface area contributed by atoms with E-state index < -0.39 is 27.1 Å². The van der Waals surface area contributed by atoms with Gasteiger partial charge >= 0.3 is 6.09 Å². The highest BCUT2D eigenvalue weighted by Crippen LogP contribution is 2.45. The lowest BCUT2D eigenvalue weighted by atomic mass is 9.65. The van der Waals surface area contributed by atoms with Crippen molar-refractivity contribution in [3.63, 3.8) is 0 Å². The van der Waals surface area contributed by atoms with Gasteiger partial charge in [-0.2, -0.15) is 0 Å². The number of imide groups is 1. The smallest absolute Gasteiger partial charge is 0.417 e. The van der Waals surface area contributed by atoms with E-state index in [9.17, 15) is 14.4 Å². The minimum absolute atomic E-state index is 0.0260. The number of β-lactam (4-membered cyclic amide) rings is 1. The normalized spacial score (nSPS) is 28.5. The lowest BCUT2D eigenvalue weighted by Crippen LogP contribution is -2.67. The Morgan fingerprint density at radius 1 is 1.28 bits per heavy atom. The van der Waals surface area contributed by atoms with E-state index in [0.29, 0.717) is 13.0 Å². The Kier molecular flexibility index (Phi) is 5.96. The molecule has 2 heterocycles. The number of hydrogen-bond donors (Lipinski definition) is 1. The van der Waals surface area contributed by atoms with E-state index in [1.165, 1.54) is 4.90 Å². The quantitative estimate of drug-likeness (QED) is 0.523. The predicted molar refractivity (Wildman–Crippen MR) is 121 cm³/mol. The molecule has 6 atom stereocenters. The molecule has 1 aromatic carbocycles. The maximum absolute atomic E-state index is 13.6. The van der Waals surface area contributed by atoms with E-state index in [0.717, 1.165) is 11.1 Å². The van der Waals surface area contributed by atoms with Crippen LogP contribution in [-0.2, 0) is 25.2 Å². The Balaban J connectivity index is 1.55. The Labute approximate surface area is 191 Å². The third-order valence-electron chi connectivity index (χ3n) is 7.14. The molecule has 7 nitrogen and oxygen atoms in total. The minimum Gasteiger partial charge on any atom is -0.443 e. The molecular weight excluding hydrogens is 424 g/mol. The molecule has 4 rings (SSSR count). The second-order valence-corrected chi connectivity index (χ2v) is 12.6. The van der Waals surface area contributed by atoms with Crippen LogP contribution in [-0.4, -0.2) is 50.6 Å². The average Bonchev–Trinajstić information content (AvgIpc) is 3.21. The summed E-state index contributed by atoms with van der Waals surface area (Å²) in [5, 5.41) is 2.95. The van der Waals surface area contributed by atoms with Crippen LogP contribution in [0.4, 0.5) is 4.79 Å². The van der Waals surface area contributed by atoms with Crippen LogP contribution in [0.25, 0.3) is 0 Å². The number of nitrogens with one attached hydrogen (secondary N) is 1. The molecule has 1 radical (unpaired) electrons. The molecule has 0 saturated carbocycles. The van der Waals surface area contributed by atoms with E-state index in [2.05, 4.69) is 39.2 Å². The molecule has 2 fully saturated rings. The van der Waals surface area contributed by atoms with Crippen LogP contribution in [0.3, 0.4) is 0 Å². The first-order chi connectivity index (χ1) is 15.0. The molecule has 1 N–H and O–H groups in total. The second-order valence-electron chi connectivity index (χ2n) is 10.5. The maximum atomic E-state index is 13.6. The van der Waals surface area contributed by atoms with Crippen LogP contribution < -0.4 is 5.32 Å². The van der Waals surface area contributed by atoms with Gasteiger partial charge in [0.1, 0.15) is 12.1 Å². The Bertz CT molecular complexity index is 927. The van der Waals surface area contributed by atoms with Gasteiger partial charge in [-0.15, -0.1) is 0 Å². The van der Waals surface area contributed by atoms with E-state index in [4.69, 9.17) is 9.16 Å². The summed E-state index contributed by atoms with van der Waals surface area (Å²) >= 11 is 0. The Hall–Kier alpha value is -2.19. The molecule has 3 amide bonds. The standard InChI is InChI=1S/C24H33N2O5Si/c1-13(19-18(21(27)25-19)16(24(2,3)4)12-30-32(5)6)22(28)26-20-15-10-8-7-9-14(15)11-17(20)31-23(26)29/h7-10,13,16-20H,11-12H2,1-6H3,(H,25,27)/t13-,16-,17+,18+,19-,20-/m1/s1. The largest absolute Gasteiger partial charge is 0.443 e. The maximum Gasteiger partial charge on any atom is 0.417 e.